The molecule has 1 aliphatic carbocycles. The molecule has 1 atom stereocenters. The monoisotopic (exact) mass is 266 g/mol. The molecule has 0 heterocycles. The summed E-state index contributed by atoms with van der Waals surface area (Å²) in [5.74, 6) is -1.30. The molecule has 0 aromatic rings. The average Bonchev–Trinajstić information content (AvgIpc) is 2.99. The van der Waals surface area contributed by atoms with Crippen LogP contribution in [0.4, 0.5) is 0 Å². The van der Waals surface area contributed by atoms with Gasteiger partial charge in [0, 0.05) is 13.7 Å². The van der Waals surface area contributed by atoms with Crippen LogP contribution in [0.1, 0.15) is 19.8 Å². The van der Waals surface area contributed by atoms with Crippen LogP contribution in [0, 0.1) is 5.92 Å². The highest BCUT2D eigenvalue weighted by atomic mass is 32.2. The molecule has 17 heavy (non-hydrogen) atoms. The Bertz CT molecular complexity index is 379. The van der Waals surface area contributed by atoms with Crippen molar-refractivity contribution in [3.8, 4) is 0 Å². The molecule has 1 saturated carbocycles. The van der Waals surface area contributed by atoms with E-state index in [-0.39, 0.29) is 19.1 Å². The molecule has 1 unspecified atom stereocenters. The molecule has 100 valence electrons. The summed E-state index contributed by atoms with van der Waals surface area (Å²) in [4.78, 5) is 11.1. The molecule has 0 spiro atoms. The third kappa shape index (κ3) is 3.91. The van der Waals surface area contributed by atoms with Gasteiger partial charge in [-0.05, 0) is 25.7 Å². The Labute approximate surface area is 101 Å². The Balaban J connectivity index is 2.63. The molecule has 0 aromatic heterocycles. The number of nitrogens with one attached hydrogen (secondary N) is 2. The van der Waals surface area contributed by atoms with Crippen molar-refractivity contribution in [3.05, 3.63) is 0 Å². The molecular weight excluding hydrogens is 248 g/mol. The van der Waals surface area contributed by atoms with Crippen molar-refractivity contribution < 1.29 is 23.1 Å². The Kier molecular flexibility index (Phi) is 4.48. The lowest BCUT2D eigenvalue weighted by Crippen LogP contribution is -2.57. The highest BCUT2D eigenvalue weighted by Crippen LogP contribution is 2.39. The van der Waals surface area contributed by atoms with Crippen LogP contribution in [-0.2, 0) is 19.7 Å². The molecule has 0 radical (unpaired) electrons. The molecule has 0 aliphatic heterocycles. The Morgan fingerprint density at radius 2 is 2.12 bits per heavy atom. The molecule has 1 aliphatic rings. The molecule has 1 fully saturated rings. The largest absolute Gasteiger partial charge is 0.480 e. The van der Waals surface area contributed by atoms with Crippen molar-refractivity contribution in [2.45, 2.75) is 25.3 Å². The number of hydrogen-bond acceptors (Lipinski definition) is 4. The second-order valence-electron chi connectivity index (χ2n) is 4.27. The number of carboxylic acids is 1. The van der Waals surface area contributed by atoms with Crippen molar-refractivity contribution in [2.75, 3.05) is 20.3 Å². The molecule has 0 bridgehead atoms. The van der Waals surface area contributed by atoms with E-state index in [1.165, 1.54) is 14.0 Å². The summed E-state index contributed by atoms with van der Waals surface area (Å²) in [6.45, 7) is 1.73. The highest BCUT2D eigenvalue weighted by molar-refractivity contribution is 7.87. The molecule has 7 nitrogen and oxygen atoms in total. The van der Waals surface area contributed by atoms with Crippen LogP contribution in [0.5, 0.6) is 0 Å². The Morgan fingerprint density at radius 1 is 1.53 bits per heavy atom. The van der Waals surface area contributed by atoms with Gasteiger partial charge in [-0.1, -0.05) is 0 Å². The highest BCUT2D eigenvalue weighted by Gasteiger charge is 2.49. The second-order valence-corrected chi connectivity index (χ2v) is 5.77. The molecular formula is C9H18N2O5S. The predicted octanol–water partition coefficient (Wildman–Crippen LogP) is -0.690. The maximum Gasteiger partial charge on any atom is 0.324 e. The fourth-order valence-corrected chi connectivity index (χ4v) is 2.79. The van der Waals surface area contributed by atoms with Crippen molar-refractivity contribution in [1.82, 2.24) is 9.44 Å². The van der Waals surface area contributed by atoms with E-state index >= 15 is 0 Å². The van der Waals surface area contributed by atoms with E-state index in [9.17, 15) is 13.2 Å². The van der Waals surface area contributed by atoms with Crippen molar-refractivity contribution in [2.24, 2.45) is 5.92 Å². The topological polar surface area (TPSA) is 105 Å². The minimum atomic E-state index is -3.82. The maximum atomic E-state index is 11.6. The lowest BCUT2D eigenvalue weighted by atomic mass is 9.98. The van der Waals surface area contributed by atoms with Crippen LogP contribution in [-0.4, -0.2) is 45.3 Å². The SMILES string of the molecule is COCCNS(=O)(=O)NC(C)(C(=O)O)C1CC1. The van der Waals surface area contributed by atoms with Gasteiger partial charge < -0.3 is 9.84 Å². The van der Waals surface area contributed by atoms with Gasteiger partial charge in [-0.3, -0.25) is 4.79 Å². The summed E-state index contributed by atoms with van der Waals surface area (Å²) < 4.78 is 32.4. The van der Waals surface area contributed by atoms with Crippen LogP contribution >= 0.6 is 0 Å². The molecule has 0 amide bonds. The van der Waals surface area contributed by atoms with Gasteiger partial charge in [-0.2, -0.15) is 17.9 Å². The maximum absolute atomic E-state index is 11.6. The van der Waals surface area contributed by atoms with Crippen LogP contribution in [0.2, 0.25) is 0 Å². The van der Waals surface area contributed by atoms with Gasteiger partial charge in [0.1, 0.15) is 5.54 Å². The van der Waals surface area contributed by atoms with Crippen molar-refractivity contribution >= 4 is 16.2 Å². The van der Waals surface area contributed by atoms with Gasteiger partial charge in [0.15, 0.2) is 0 Å². The number of ether oxygens (including phenoxy) is 1. The van der Waals surface area contributed by atoms with Crippen LogP contribution in [0.3, 0.4) is 0 Å². The number of hydrogen-bond donors (Lipinski definition) is 3. The average molecular weight is 266 g/mol. The number of carboxylic acid groups (broad SMARTS) is 1. The number of methoxy groups -OCH3 is 1. The Morgan fingerprint density at radius 3 is 2.53 bits per heavy atom. The van der Waals surface area contributed by atoms with Gasteiger partial charge in [-0.15, -0.1) is 0 Å². The first-order valence-electron chi connectivity index (χ1n) is 5.32. The van der Waals surface area contributed by atoms with E-state index in [2.05, 4.69) is 9.44 Å². The summed E-state index contributed by atoms with van der Waals surface area (Å²) in [7, 11) is -2.37. The smallest absolute Gasteiger partial charge is 0.324 e. The predicted molar refractivity (Wildman–Crippen MR) is 60.7 cm³/mol. The first-order chi connectivity index (χ1) is 7.82. The lowest BCUT2D eigenvalue weighted by Gasteiger charge is -2.25. The van der Waals surface area contributed by atoms with Gasteiger partial charge in [-0.25, -0.2) is 0 Å². The molecule has 8 heteroatoms. The molecule has 0 saturated heterocycles. The quantitative estimate of drug-likeness (QED) is 0.504. The minimum Gasteiger partial charge on any atom is -0.480 e. The van der Waals surface area contributed by atoms with Crippen LogP contribution in [0.15, 0.2) is 0 Å². The first kappa shape index (κ1) is 14.4. The number of rotatable bonds is 8. The van der Waals surface area contributed by atoms with Gasteiger partial charge in [0.25, 0.3) is 10.2 Å². The zero-order valence-electron chi connectivity index (χ0n) is 9.89. The zero-order valence-corrected chi connectivity index (χ0v) is 10.7. The van der Waals surface area contributed by atoms with E-state index in [0.29, 0.717) is 0 Å². The van der Waals surface area contributed by atoms with Crippen LogP contribution < -0.4 is 9.44 Å². The summed E-state index contributed by atoms with van der Waals surface area (Å²) in [5, 5.41) is 9.10. The zero-order chi connectivity index (χ0) is 13.1. The summed E-state index contributed by atoms with van der Waals surface area (Å²) in [6, 6.07) is 0. The third-order valence-electron chi connectivity index (χ3n) is 2.78. The fraction of sp³-hybridized carbons (Fsp3) is 0.889. The normalized spacial score (nSPS) is 19.9. The molecule has 0 aromatic carbocycles. The summed E-state index contributed by atoms with van der Waals surface area (Å²) in [5.41, 5.74) is -1.43. The summed E-state index contributed by atoms with van der Waals surface area (Å²) in [6.07, 6.45) is 1.45. The molecule has 1 rings (SSSR count). The van der Waals surface area contributed by atoms with Crippen LogP contribution in [0.25, 0.3) is 0 Å². The van der Waals surface area contributed by atoms with Gasteiger partial charge >= 0.3 is 5.97 Å². The van der Waals surface area contributed by atoms with E-state index in [4.69, 9.17) is 9.84 Å². The summed E-state index contributed by atoms with van der Waals surface area (Å²) >= 11 is 0. The number of aliphatic carboxylic acids is 1. The van der Waals surface area contributed by atoms with E-state index in [1.54, 1.807) is 0 Å². The number of carbonyl (C=O) groups is 1. The second kappa shape index (κ2) is 5.30. The van der Waals surface area contributed by atoms with Crippen molar-refractivity contribution in [3.63, 3.8) is 0 Å². The van der Waals surface area contributed by atoms with E-state index in [1.807, 2.05) is 0 Å². The van der Waals surface area contributed by atoms with Crippen molar-refractivity contribution in [1.29, 1.82) is 0 Å². The van der Waals surface area contributed by atoms with Gasteiger partial charge in [0.2, 0.25) is 0 Å². The molecule has 3 N–H and O–H groups in total. The Hall–Kier alpha value is -0.700. The fourth-order valence-electron chi connectivity index (χ4n) is 1.56. The minimum absolute atomic E-state index is 0.103. The van der Waals surface area contributed by atoms with E-state index < -0.39 is 21.7 Å². The lowest BCUT2D eigenvalue weighted by molar-refractivity contribution is -0.144. The standard InChI is InChI=1S/C9H18N2O5S/c1-9(8(12)13,7-3-4-7)11-17(14,15)10-5-6-16-2/h7,10-11H,3-6H2,1-2H3,(H,12,13). The third-order valence-corrected chi connectivity index (χ3v) is 4.06. The van der Waals surface area contributed by atoms with Gasteiger partial charge in [0.05, 0.1) is 6.61 Å². The van der Waals surface area contributed by atoms with E-state index in [0.717, 1.165) is 12.8 Å². The first-order valence-corrected chi connectivity index (χ1v) is 6.81.